The number of halogens is 1. The number of aryl methyl sites for hydroxylation is 1. The molecule has 1 unspecified atom stereocenters. The van der Waals surface area contributed by atoms with E-state index in [0.29, 0.717) is 5.69 Å². The number of nitrogens with zero attached hydrogens (tertiary/aromatic N) is 3. The van der Waals surface area contributed by atoms with Gasteiger partial charge in [-0.1, -0.05) is 0 Å². The number of benzene rings is 1. The molecule has 1 atom stereocenters. The summed E-state index contributed by atoms with van der Waals surface area (Å²) in [6.45, 7) is 0. The highest BCUT2D eigenvalue weighted by Crippen LogP contribution is 2.36. The molecule has 0 spiro atoms. The molecule has 0 saturated carbocycles. The van der Waals surface area contributed by atoms with Gasteiger partial charge in [-0.15, -0.1) is 0 Å². The summed E-state index contributed by atoms with van der Waals surface area (Å²) in [6, 6.07) is 4.59. The van der Waals surface area contributed by atoms with Gasteiger partial charge in [0.25, 0.3) is 0 Å². The Hall–Kier alpha value is -2.41. The lowest BCUT2D eigenvalue weighted by atomic mass is 10.0. The largest absolute Gasteiger partial charge is 0.494 e. The van der Waals surface area contributed by atoms with Gasteiger partial charge in [0.05, 0.1) is 19.0 Å². The summed E-state index contributed by atoms with van der Waals surface area (Å²) in [4.78, 5) is 4.11. The van der Waals surface area contributed by atoms with E-state index < -0.39 is 12.0 Å². The number of ether oxygens (including phenoxy) is 1. The van der Waals surface area contributed by atoms with Crippen LogP contribution in [0.25, 0.3) is 11.3 Å². The van der Waals surface area contributed by atoms with Gasteiger partial charge in [0.15, 0.2) is 11.6 Å². The molecule has 0 amide bonds. The highest BCUT2D eigenvalue weighted by molar-refractivity contribution is 5.83. The second-order valence-corrected chi connectivity index (χ2v) is 4.45. The van der Waals surface area contributed by atoms with Crippen LogP contribution in [0.15, 0.2) is 23.2 Å². The maximum atomic E-state index is 13.5. The van der Waals surface area contributed by atoms with Gasteiger partial charge in [0, 0.05) is 12.6 Å². The maximum absolute atomic E-state index is 13.5. The van der Waals surface area contributed by atoms with Crippen LogP contribution >= 0.6 is 0 Å². The SMILES string of the molecule is COc1cc(-c2nn(C)c3c2C(N)N=CN3)ccc1F. The lowest BCUT2D eigenvalue weighted by molar-refractivity contribution is 0.387. The Morgan fingerprint density at radius 3 is 3.00 bits per heavy atom. The standard InChI is InChI=1S/C13H14FN5O/c1-19-13-10(12(15)16-6-17-13)11(18-19)7-3-4-8(14)9(5-7)20-2/h3-6,12H,15H2,1-2H3,(H,16,17). The highest BCUT2D eigenvalue weighted by atomic mass is 19.1. The second kappa shape index (κ2) is 4.61. The average Bonchev–Trinajstić information content (AvgIpc) is 2.78. The minimum absolute atomic E-state index is 0.169. The van der Waals surface area contributed by atoms with Gasteiger partial charge >= 0.3 is 0 Å². The average molecular weight is 275 g/mol. The van der Waals surface area contributed by atoms with Crippen LogP contribution in [0.4, 0.5) is 10.2 Å². The summed E-state index contributed by atoms with van der Waals surface area (Å²) in [5.74, 6) is 0.537. The monoisotopic (exact) mass is 275 g/mol. The Bertz CT molecular complexity index is 694. The molecule has 6 nitrogen and oxygen atoms in total. The molecule has 1 aromatic heterocycles. The van der Waals surface area contributed by atoms with E-state index in [0.717, 1.165) is 16.9 Å². The number of aliphatic imine (C=N–C) groups is 1. The Labute approximate surface area is 115 Å². The van der Waals surface area contributed by atoms with Gasteiger partial charge in [-0.05, 0) is 18.2 Å². The van der Waals surface area contributed by atoms with E-state index in [4.69, 9.17) is 10.5 Å². The molecule has 1 aromatic carbocycles. The fourth-order valence-corrected chi connectivity index (χ4v) is 2.27. The predicted molar refractivity (Wildman–Crippen MR) is 74.2 cm³/mol. The minimum atomic E-state index is -0.494. The number of nitrogens with one attached hydrogen (secondary N) is 1. The number of hydrogen-bond acceptors (Lipinski definition) is 5. The molecule has 0 fully saturated rings. The Balaban J connectivity index is 2.17. The normalized spacial score (nSPS) is 16.7. The second-order valence-electron chi connectivity index (χ2n) is 4.45. The smallest absolute Gasteiger partial charge is 0.165 e. The topological polar surface area (TPSA) is 77.5 Å². The summed E-state index contributed by atoms with van der Waals surface area (Å²) in [5, 5.41) is 7.45. The van der Waals surface area contributed by atoms with E-state index in [1.807, 2.05) is 7.05 Å². The van der Waals surface area contributed by atoms with Crippen molar-refractivity contribution >= 4 is 12.2 Å². The first-order chi connectivity index (χ1) is 9.61. The molecule has 20 heavy (non-hydrogen) atoms. The van der Waals surface area contributed by atoms with Crippen LogP contribution in [-0.4, -0.2) is 23.2 Å². The molecule has 0 bridgehead atoms. The van der Waals surface area contributed by atoms with Crippen LogP contribution in [0.5, 0.6) is 5.75 Å². The first-order valence-corrected chi connectivity index (χ1v) is 6.06. The van der Waals surface area contributed by atoms with Crippen molar-refractivity contribution in [2.24, 2.45) is 17.8 Å². The first kappa shape index (κ1) is 12.6. The lowest BCUT2D eigenvalue weighted by Gasteiger charge is -2.15. The zero-order valence-electron chi connectivity index (χ0n) is 11.1. The lowest BCUT2D eigenvalue weighted by Crippen LogP contribution is -2.17. The summed E-state index contributed by atoms with van der Waals surface area (Å²) in [7, 11) is 3.23. The number of hydrogen-bond donors (Lipinski definition) is 2. The van der Waals surface area contributed by atoms with Crippen LogP contribution in [0, 0.1) is 5.82 Å². The summed E-state index contributed by atoms with van der Waals surface area (Å²) >= 11 is 0. The molecule has 0 saturated heterocycles. The quantitative estimate of drug-likeness (QED) is 0.873. The van der Waals surface area contributed by atoms with Crippen molar-refractivity contribution in [3.8, 4) is 17.0 Å². The third-order valence-corrected chi connectivity index (χ3v) is 3.24. The Morgan fingerprint density at radius 1 is 1.45 bits per heavy atom. The molecule has 1 aliphatic rings. The molecule has 7 heteroatoms. The highest BCUT2D eigenvalue weighted by Gasteiger charge is 2.25. The number of fused-ring (bicyclic) bond motifs is 1. The summed E-state index contributed by atoms with van der Waals surface area (Å²) < 4.78 is 20.2. The van der Waals surface area contributed by atoms with E-state index in [2.05, 4.69) is 15.4 Å². The Kier molecular flexibility index (Phi) is 2.90. The minimum Gasteiger partial charge on any atom is -0.494 e. The summed E-state index contributed by atoms with van der Waals surface area (Å²) in [6.07, 6.45) is 1.05. The molecule has 2 heterocycles. The zero-order chi connectivity index (χ0) is 14.3. The molecule has 0 radical (unpaired) electrons. The van der Waals surface area contributed by atoms with Crippen molar-refractivity contribution < 1.29 is 9.13 Å². The van der Waals surface area contributed by atoms with Crippen molar-refractivity contribution in [3.05, 3.63) is 29.6 Å². The van der Waals surface area contributed by atoms with Gasteiger partial charge in [-0.3, -0.25) is 9.67 Å². The van der Waals surface area contributed by atoms with Gasteiger partial charge < -0.3 is 15.8 Å². The van der Waals surface area contributed by atoms with E-state index in [-0.39, 0.29) is 5.75 Å². The maximum Gasteiger partial charge on any atom is 0.165 e. The van der Waals surface area contributed by atoms with Gasteiger partial charge in [0.1, 0.15) is 17.7 Å². The zero-order valence-corrected chi connectivity index (χ0v) is 11.1. The fraction of sp³-hybridized carbons (Fsp3) is 0.231. The number of rotatable bonds is 2. The molecule has 1 aliphatic heterocycles. The van der Waals surface area contributed by atoms with Crippen molar-refractivity contribution in [2.45, 2.75) is 6.17 Å². The van der Waals surface area contributed by atoms with Crippen molar-refractivity contribution in [2.75, 3.05) is 12.4 Å². The van der Waals surface area contributed by atoms with E-state index in [1.54, 1.807) is 23.2 Å². The van der Waals surface area contributed by atoms with Crippen molar-refractivity contribution in [1.82, 2.24) is 9.78 Å². The van der Waals surface area contributed by atoms with Crippen molar-refractivity contribution in [3.63, 3.8) is 0 Å². The van der Waals surface area contributed by atoms with Gasteiger partial charge in [-0.2, -0.15) is 5.10 Å². The van der Waals surface area contributed by atoms with Crippen LogP contribution in [-0.2, 0) is 7.05 Å². The molecule has 0 aliphatic carbocycles. The Morgan fingerprint density at radius 2 is 2.25 bits per heavy atom. The number of methoxy groups -OCH3 is 1. The van der Waals surface area contributed by atoms with Crippen LogP contribution in [0.2, 0.25) is 0 Å². The molecule has 3 N–H and O–H groups in total. The van der Waals surface area contributed by atoms with Crippen molar-refractivity contribution in [1.29, 1.82) is 0 Å². The van der Waals surface area contributed by atoms with Gasteiger partial charge in [0.2, 0.25) is 0 Å². The van der Waals surface area contributed by atoms with Crippen LogP contribution in [0.3, 0.4) is 0 Å². The third kappa shape index (κ3) is 1.83. The predicted octanol–water partition coefficient (Wildman–Crippen LogP) is 1.65. The fourth-order valence-electron chi connectivity index (χ4n) is 2.27. The number of anilines is 1. The van der Waals surface area contributed by atoms with E-state index >= 15 is 0 Å². The van der Waals surface area contributed by atoms with E-state index in [9.17, 15) is 4.39 Å². The first-order valence-electron chi connectivity index (χ1n) is 6.06. The van der Waals surface area contributed by atoms with E-state index in [1.165, 1.54) is 13.2 Å². The summed E-state index contributed by atoms with van der Waals surface area (Å²) in [5.41, 5.74) is 8.18. The third-order valence-electron chi connectivity index (χ3n) is 3.24. The number of aromatic nitrogens is 2. The van der Waals surface area contributed by atoms with Crippen LogP contribution < -0.4 is 15.8 Å². The molecule has 104 valence electrons. The molecular weight excluding hydrogens is 261 g/mol. The van der Waals surface area contributed by atoms with Crippen LogP contribution in [0.1, 0.15) is 11.7 Å². The molecular formula is C13H14FN5O. The molecule has 3 rings (SSSR count). The van der Waals surface area contributed by atoms with Gasteiger partial charge in [-0.25, -0.2) is 4.39 Å². The number of nitrogens with two attached hydrogens (primary N) is 1. The molecule has 2 aromatic rings.